The maximum atomic E-state index is 12.5. The number of aromatic nitrogens is 3. The van der Waals surface area contributed by atoms with Crippen LogP contribution >= 0.6 is 0 Å². The van der Waals surface area contributed by atoms with E-state index in [-0.39, 0.29) is 17.9 Å². The molecule has 2 rings (SSSR count). The van der Waals surface area contributed by atoms with E-state index >= 15 is 0 Å². The van der Waals surface area contributed by atoms with Crippen molar-refractivity contribution >= 4 is 0 Å². The topological polar surface area (TPSA) is 39.8 Å². The first-order valence-electron chi connectivity index (χ1n) is 4.64. The van der Waals surface area contributed by atoms with Crippen molar-refractivity contribution in [1.82, 2.24) is 14.1 Å². The van der Waals surface area contributed by atoms with Gasteiger partial charge in [0.1, 0.15) is 5.82 Å². The summed E-state index contributed by atoms with van der Waals surface area (Å²) in [6.07, 6.45) is 4.01. The number of pyridine rings is 1. The predicted molar refractivity (Wildman–Crippen MR) is 53.3 cm³/mol. The second kappa shape index (κ2) is 4.26. The van der Waals surface area contributed by atoms with Gasteiger partial charge in [-0.05, 0) is 6.07 Å². The first-order valence-corrected chi connectivity index (χ1v) is 4.64. The quantitative estimate of drug-likeness (QED) is 0.793. The van der Waals surface area contributed by atoms with E-state index in [9.17, 15) is 13.6 Å². The molecule has 0 fully saturated rings. The summed E-state index contributed by atoms with van der Waals surface area (Å²) in [6.45, 7) is -2.60. The predicted octanol–water partition coefficient (Wildman–Crippen LogP) is 1.49. The van der Waals surface area contributed by atoms with Gasteiger partial charge in [-0.1, -0.05) is 6.07 Å². The third-order valence-corrected chi connectivity index (χ3v) is 2.17. The molecule has 0 bridgehead atoms. The molecule has 0 unspecified atom stereocenters. The van der Waals surface area contributed by atoms with E-state index in [1.807, 2.05) is 0 Å². The van der Waals surface area contributed by atoms with Crippen molar-refractivity contribution in [3.63, 3.8) is 0 Å². The van der Waals surface area contributed by atoms with Gasteiger partial charge in [-0.2, -0.15) is 8.78 Å². The van der Waals surface area contributed by atoms with Gasteiger partial charge in [0.25, 0.3) is 5.56 Å². The largest absolute Gasteiger partial charge is 0.319 e. The fraction of sp³-hybridized carbons (Fsp3) is 0.200. The summed E-state index contributed by atoms with van der Waals surface area (Å²) in [7, 11) is 0. The van der Waals surface area contributed by atoms with Crippen LogP contribution in [0.25, 0.3) is 0 Å². The van der Waals surface area contributed by atoms with Gasteiger partial charge in [0.2, 0.25) is 0 Å². The molecule has 0 atom stereocenters. The number of alkyl halides is 2. The van der Waals surface area contributed by atoms with Crippen molar-refractivity contribution in [2.75, 3.05) is 0 Å². The van der Waals surface area contributed by atoms with Gasteiger partial charge in [-0.25, -0.2) is 4.98 Å². The number of halogens is 2. The minimum atomic E-state index is -2.64. The third kappa shape index (κ3) is 2.00. The maximum absolute atomic E-state index is 12.5. The highest BCUT2D eigenvalue weighted by Gasteiger charge is 2.11. The summed E-state index contributed by atoms with van der Waals surface area (Å²) in [4.78, 5) is 15.2. The van der Waals surface area contributed by atoms with Gasteiger partial charge >= 0.3 is 6.55 Å². The summed E-state index contributed by atoms with van der Waals surface area (Å²) in [5, 5.41) is 0. The summed E-state index contributed by atoms with van der Waals surface area (Å²) in [5.74, 6) is 0.156. The van der Waals surface area contributed by atoms with Crippen LogP contribution in [0.4, 0.5) is 8.78 Å². The first-order chi connectivity index (χ1) is 7.68. The van der Waals surface area contributed by atoms with Gasteiger partial charge in [0.05, 0.1) is 6.54 Å². The van der Waals surface area contributed by atoms with E-state index in [4.69, 9.17) is 0 Å². The lowest BCUT2D eigenvalue weighted by Gasteiger charge is -2.07. The Bertz CT molecular complexity index is 533. The van der Waals surface area contributed by atoms with Crippen LogP contribution in [0.5, 0.6) is 0 Å². The monoisotopic (exact) mass is 225 g/mol. The van der Waals surface area contributed by atoms with E-state index in [2.05, 4.69) is 4.98 Å². The van der Waals surface area contributed by atoms with Gasteiger partial charge in [0, 0.05) is 24.7 Å². The molecular weight excluding hydrogens is 216 g/mol. The molecule has 4 nitrogen and oxygen atoms in total. The average Bonchev–Trinajstić information content (AvgIpc) is 2.69. The molecule has 0 aliphatic carbocycles. The molecule has 0 saturated carbocycles. The van der Waals surface area contributed by atoms with Gasteiger partial charge in [0.15, 0.2) is 0 Å². The zero-order valence-corrected chi connectivity index (χ0v) is 8.25. The molecule has 2 heterocycles. The number of hydrogen-bond acceptors (Lipinski definition) is 2. The lowest BCUT2D eigenvalue weighted by molar-refractivity contribution is 0.0666. The maximum Gasteiger partial charge on any atom is 0.319 e. The highest BCUT2D eigenvalue weighted by Crippen LogP contribution is 2.12. The van der Waals surface area contributed by atoms with E-state index < -0.39 is 6.55 Å². The molecule has 0 aliphatic rings. The minimum Gasteiger partial charge on any atom is -0.308 e. The SMILES string of the molecule is O=c1ccccn1Cc1nccn1C(F)F. The minimum absolute atomic E-state index is 0.0387. The number of rotatable bonds is 3. The fourth-order valence-corrected chi connectivity index (χ4v) is 1.39. The lowest BCUT2D eigenvalue weighted by Crippen LogP contribution is -2.20. The number of hydrogen-bond donors (Lipinski definition) is 0. The zero-order chi connectivity index (χ0) is 11.5. The molecule has 0 N–H and O–H groups in total. The van der Waals surface area contributed by atoms with Crippen molar-refractivity contribution in [3.8, 4) is 0 Å². The van der Waals surface area contributed by atoms with Gasteiger partial charge in [-0.3, -0.25) is 9.36 Å². The Labute approximate surface area is 89.8 Å². The highest BCUT2D eigenvalue weighted by molar-refractivity contribution is 4.98. The molecule has 16 heavy (non-hydrogen) atoms. The second-order valence-electron chi connectivity index (χ2n) is 3.20. The van der Waals surface area contributed by atoms with Crippen molar-refractivity contribution in [2.24, 2.45) is 0 Å². The third-order valence-electron chi connectivity index (χ3n) is 2.17. The fourth-order valence-electron chi connectivity index (χ4n) is 1.39. The van der Waals surface area contributed by atoms with E-state index in [1.165, 1.54) is 29.2 Å². The van der Waals surface area contributed by atoms with E-state index in [0.717, 1.165) is 4.57 Å². The Kier molecular flexibility index (Phi) is 2.80. The summed E-state index contributed by atoms with van der Waals surface area (Å²) in [6, 6.07) is 4.63. The Morgan fingerprint density at radius 3 is 2.81 bits per heavy atom. The summed E-state index contributed by atoms with van der Waals surface area (Å²) in [5.41, 5.74) is -0.244. The van der Waals surface area contributed by atoms with Crippen molar-refractivity contribution in [3.05, 3.63) is 53.0 Å². The molecule has 0 aromatic carbocycles. The molecule has 84 valence electrons. The van der Waals surface area contributed by atoms with Crippen molar-refractivity contribution < 1.29 is 8.78 Å². The molecule has 0 spiro atoms. The standard InChI is InChI=1S/C10H9F2N3O/c11-10(12)15-6-4-13-8(15)7-14-5-2-1-3-9(14)16/h1-6,10H,7H2. The van der Waals surface area contributed by atoms with Gasteiger partial charge in [-0.15, -0.1) is 0 Å². The highest BCUT2D eigenvalue weighted by atomic mass is 19.3. The molecule has 2 aromatic heterocycles. The number of imidazole rings is 1. The Morgan fingerprint density at radius 1 is 1.31 bits per heavy atom. The van der Waals surface area contributed by atoms with Crippen molar-refractivity contribution in [1.29, 1.82) is 0 Å². The molecule has 0 radical (unpaired) electrons. The molecule has 2 aromatic rings. The molecule has 0 aliphatic heterocycles. The number of nitrogens with zero attached hydrogens (tertiary/aromatic N) is 3. The van der Waals surface area contributed by atoms with Crippen LogP contribution in [0.2, 0.25) is 0 Å². The summed E-state index contributed by atoms with van der Waals surface area (Å²) < 4.78 is 27.1. The van der Waals surface area contributed by atoms with Gasteiger partial charge < -0.3 is 4.57 Å². The zero-order valence-electron chi connectivity index (χ0n) is 8.25. The molecule has 0 amide bonds. The van der Waals surface area contributed by atoms with Crippen LogP contribution in [0, 0.1) is 0 Å². The molecule has 0 saturated heterocycles. The van der Waals surface area contributed by atoms with Crippen LogP contribution in [0.1, 0.15) is 12.4 Å². The van der Waals surface area contributed by atoms with E-state index in [0.29, 0.717) is 0 Å². The Balaban J connectivity index is 2.31. The van der Waals surface area contributed by atoms with Crippen LogP contribution in [-0.4, -0.2) is 14.1 Å². The van der Waals surface area contributed by atoms with Crippen LogP contribution in [0.15, 0.2) is 41.6 Å². The normalized spacial score (nSPS) is 10.9. The second-order valence-corrected chi connectivity index (χ2v) is 3.20. The summed E-state index contributed by atoms with van der Waals surface area (Å²) >= 11 is 0. The molecule has 6 heteroatoms. The Morgan fingerprint density at radius 2 is 2.12 bits per heavy atom. The Hall–Kier alpha value is -1.98. The lowest BCUT2D eigenvalue weighted by atomic mass is 10.4. The average molecular weight is 225 g/mol. The van der Waals surface area contributed by atoms with Crippen LogP contribution < -0.4 is 5.56 Å². The van der Waals surface area contributed by atoms with Crippen molar-refractivity contribution in [2.45, 2.75) is 13.1 Å². The molecular formula is C10H9F2N3O. The van der Waals surface area contributed by atoms with Crippen LogP contribution in [-0.2, 0) is 6.54 Å². The van der Waals surface area contributed by atoms with E-state index in [1.54, 1.807) is 12.1 Å². The smallest absolute Gasteiger partial charge is 0.308 e. The van der Waals surface area contributed by atoms with Crippen LogP contribution in [0.3, 0.4) is 0 Å². The first kappa shape index (κ1) is 10.5.